The molecule has 0 aliphatic carbocycles. The molecular weight excluding hydrogens is 384 g/mol. The number of aromatic nitrogens is 3. The Bertz CT molecular complexity index is 900. The summed E-state index contributed by atoms with van der Waals surface area (Å²) in [7, 11) is 1.65. The molecule has 0 unspecified atom stereocenters. The molecule has 3 aromatic rings. The van der Waals surface area contributed by atoms with Gasteiger partial charge in [-0.2, -0.15) is 0 Å². The number of aryl methyl sites for hydroxylation is 1. The zero-order valence-corrected chi connectivity index (χ0v) is 17.6. The summed E-state index contributed by atoms with van der Waals surface area (Å²) in [6.07, 6.45) is 0. The van der Waals surface area contributed by atoms with Crippen molar-refractivity contribution in [2.75, 3.05) is 26.0 Å². The molecular formula is C22H26N4O2S. The van der Waals surface area contributed by atoms with E-state index in [9.17, 15) is 4.79 Å². The van der Waals surface area contributed by atoms with Gasteiger partial charge in [0.05, 0.1) is 18.9 Å². The van der Waals surface area contributed by atoms with E-state index < -0.39 is 0 Å². The topological polar surface area (TPSA) is 60.2 Å². The van der Waals surface area contributed by atoms with Gasteiger partial charge in [-0.3, -0.25) is 4.79 Å². The van der Waals surface area contributed by atoms with Crippen molar-refractivity contribution in [1.82, 2.24) is 19.7 Å². The lowest BCUT2D eigenvalue weighted by Gasteiger charge is -2.22. The highest BCUT2D eigenvalue weighted by Crippen LogP contribution is 2.19. The second-order valence-corrected chi connectivity index (χ2v) is 7.63. The molecule has 6 nitrogen and oxygen atoms in total. The lowest BCUT2D eigenvalue weighted by molar-refractivity contribution is -0.129. The van der Waals surface area contributed by atoms with Crippen LogP contribution in [-0.2, 0) is 22.6 Å². The Hall–Kier alpha value is -2.64. The van der Waals surface area contributed by atoms with Crippen LogP contribution in [0.15, 0.2) is 65.8 Å². The number of nitrogens with zero attached hydrogens (tertiary/aromatic N) is 4. The minimum absolute atomic E-state index is 0.0582. The molecule has 0 radical (unpaired) electrons. The number of rotatable bonds is 10. The van der Waals surface area contributed by atoms with Gasteiger partial charge in [-0.15, -0.1) is 10.2 Å². The summed E-state index contributed by atoms with van der Waals surface area (Å²) in [4.78, 5) is 14.7. The van der Waals surface area contributed by atoms with Crippen molar-refractivity contribution >= 4 is 17.7 Å². The third-order valence-electron chi connectivity index (χ3n) is 4.54. The van der Waals surface area contributed by atoms with Crippen molar-refractivity contribution in [1.29, 1.82) is 0 Å². The van der Waals surface area contributed by atoms with Gasteiger partial charge in [0, 0.05) is 20.2 Å². The summed E-state index contributed by atoms with van der Waals surface area (Å²) in [6, 6.07) is 20.2. The Morgan fingerprint density at radius 1 is 1.03 bits per heavy atom. The minimum Gasteiger partial charge on any atom is -0.383 e. The van der Waals surface area contributed by atoms with Crippen molar-refractivity contribution in [2.45, 2.75) is 25.2 Å². The number of amides is 1. The van der Waals surface area contributed by atoms with Crippen LogP contribution in [0.2, 0.25) is 0 Å². The van der Waals surface area contributed by atoms with Crippen LogP contribution in [-0.4, -0.2) is 51.6 Å². The van der Waals surface area contributed by atoms with Crippen LogP contribution in [0, 0.1) is 6.92 Å². The molecule has 0 bridgehead atoms. The summed E-state index contributed by atoms with van der Waals surface area (Å²) in [5, 5.41) is 9.23. The molecule has 0 saturated carbocycles. The fraction of sp³-hybridized carbons (Fsp3) is 0.318. The average Bonchev–Trinajstić information content (AvgIpc) is 3.10. The highest BCUT2D eigenvalue weighted by Gasteiger charge is 2.17. The second-order valence-electron chi connectivity index (χ2n) is 6.68. The maximum atomic E-state index is 12.9. The Morgan fingerprint density at radius 2 is 1.69 bits per heavy atom. The van der Waals surface area contributed by atoms with Gasteiger partial charge in [0.15, 0.2) is 5.16 Å². The van der Waals surface area contributed by atoms with E-state index in [0.717, 1.165) is 16.5 Å². The Balaban J connectivity index is 1.65. The van der Waals surface area contributed by atoms with E-state index in [1.807, 2.05) is 64.9 Å². The fourth-order valence-electron chi connectivity index (χ4n) is 2.93. The van der Waals surface area contributed by atoms with Crippen LogP contribution in [0.4, 0.5) is 0 Å². The number of benzene rings is 2. The SMILES string of the molecule is COCCN(Cc1ccccc1)C(=O)CSc1nnc(C)n1Cc1ccccc1. The normalized spacial score (nSPS) is 10.8. The number of carbonyl (C=O) groups is 1. The first kappa shape index (κ1) is 21.1. The van der Waals surface area contributed by atoms with Crippen molar-refractivity contribution in [3.8, 4) is 0 Å². The van der Waals surface area contributed by atoms with E-state index in [2.05, 4.69) is 22.3 Å². The third kappa shape index (κ3) is 6.17. The lowest BCUT2D eigenvalue weighted by Crippen LogP contribution is -2.34. The molecule has 0 saturated heterocycles. The molecule has 1 amide bonds. The first-order valence-corrected chi connectivity index (χ1v) is 10.5. The number of ether oxygens (including phenoxy) is 1. The van der Waals surface area contributed by atoms with Gasteiger partial charge in [-0.25, -0.2) is 0 Å². The van der Waals surface area contributed by atoms with Crippen LogP contribution in [0.3, 0.4) is 0 Å². The first-order chi connectivity index (χ1) is 14.2. The molecule has 0 atom stereocenters. The highest BCUT2D eigenvalue weighted by molar-refractivity contribution is 7.99. The standard InChI is InChI=1S/C22H26N4O2S/c1-18-23-24-22(26(18)16-20-11-7-4-8-12-20)29-17-21(27)25(13-14-28-2)15-19-9-5-3-6-10-19/h3-12H,13-17H2,1-2H3. The summed E-state index contributed by atoms with van der Waals surface area (Å²) in [6.45, 7) is 4.25. The monoisotopic (exact) mass is 410 g/mol. The van der Waals surface area contributed by atoms with Crippen LogP contribution in [0.25, 0.3) is 0 Å². The van der Waals surface area contributed by atoms with E-state index in [1.165, 1.54) is 17.3 Å². The lowest BCUT2D eigenvalue weighted by atomic mass is 10.2. The van der Waals surface area contributed by atoms with Crippen LogP contribution in [0.1, 0.15) is 17.0 Å². The van der Waals surface area contributed by atoms with Crippen molar-refractivity contribution < 1.29 is 9.53 Å². The van der Waals surface area contributed by atoms with E-state index in [4.69, 9.17) is 4.74 Å². The molecule has 152 valence electrons. The van der Waals surface area contributed by atoms with Gasteiger partial charge in [0.25, 0.3) is 0 Å². The van der Waals surface area contributed by atoms with Crippen LogP contribution >= 0.6 is 11.8 Å². The smallest absolute Gasteiger partial charge is 0.233 e. The number of thioether (sulfide) groups is 1. The zero-order chi connectivity index (χ0) is 20.5. The van der Waals surface area contributed by atoms with Gasteiger partial charge in [-0.05, 0) is 18.1 Å². The summed E-state index contributed by atoms with van der Waals surface area (Å²) >= 11 is 1.42. The van der Waals surface area contributed by atoms with Gasteiger partial charge in [0.2, 0.25) is 5.91 Å². The minimum atomic E-state index is 0.0582. The van der Waals surface area contributed by atoms with E-state index in [0.29, 0.717) is 32.0 Å². The third-order valence-corrected chi connectivity index (χ3v) is 5.50. The summed E-state index contributed by atoms with van der Waals surface area (Å²) < 4.78 is 7.23. The number of carbonyl (C=O) groups excluding carboxylic acids is 1. The number of hydrogen-bond donors (Lipinski definition) is 0. The Kier molecular flexibility index (Phi) is 7.84. The largest absolute Gasteiger partial charge is 0.383 e. The van der Waals surface area contributed by atoms with E-state index in [1.54, 1.807) is 7.11 Å². The number of hydrogen-bond acceptors (Lipinski definition) is 5. The second kappa shape index (κ2) is 10.8. The van der Waals surface area contributed by atoms with Gasteiger partial charge < -0.3 is 14.2 Å². The van der Waals surface area contributed by atoms with Crippen molar-refractivity contribution in [3.05, 3.63) is 77.6 Å². The molecule has 0 aliphatic heterocycles. The molecule has 7 heteroatoms. The van der Waals surface area contributed by atoms with Crippen molar-refractivity contribution in [2.24, 2.45) is 0 Å². The van der Waals surface area contributed by atoms with Gasteiger partial charge in [0.1, 0.15) is 5.82 Å². The molecule has 0 spiro atoms. The maximum absolute atomic E-state index is 12.9. The zero-order valence-electron chi connectivity index (χ0n) is 16.8. The molecule has 3 rings (SSSR count). The van der Waals surface area contributed by atoms with Crippen LogP contribution in [0.5, 0.6) is 0 Å². The molecule has 29 heavy (non-hydrogen) atoms. The molecule has 2 aromatic carbocycles. The van der Waals surface area contributed by atoms with Crippen LogP contribution < -0.4 is 0 Å². The first-order valence-electron chi connectivity index (χ1n) is 9.54. The predicted octanol–water partition coefficient (Wildman–Crippen LogP) is 3.40. The van der Waals surface area contributed by atoms with Gasteiger partial charge in [-0.1, -0.05) is 72.4 Å². The molecule has 0 aliphatic rings. The summed E-state index contributed by atoms with van der Waals surface area (Å²) in [5.74, 6) is 1.20. The molecule has 0 N–H and O–H groups in total. The maximum Gasteiger partial charge on any atom is 0.233 e. The Morgan fingerprint density at radius 3 is 2.34 bits per heavy atom. The van der Waals surface area contributed by atoms with E-state index in [-0.39, 0.29) is 5.91 Å². The number of methoxy groups -OCH3 is 1. The quantitative estimate of drug-likeness (QED) is 0.480. The van der Waals surface area contributed by atoms with Gasteiger partial charge >= 0.3 is 0 Å². The Labute approximate surface area is 175 Å². The van der Waals surface area contributed by atoms with Crippen molar-refractivity contribution in [3.63, 3.8) is 0 Å². The summed E-state index contributed by atoms with van der Waals surface area (Å²) in [5.41, 5.74) is 2.28. The molecule has 1 aromatic heterocycles. The average molecular weight is 411 g/mol. The molecule has 0 fully saturated rings. The van der Waals surface area contributed by atoms with E-state index >= 15 is 0 Å². The highest BCUT2D eigenvalue weighted by atomic mass is 32.2. The fourth-order valence-corrected chi connectivity index (χ4v) is 3.82. The molecule has 1 heterocycles. The predicted molar refractivity (Wildman–Crippen MR) is 115 cm³/mol.